The van der Waals surface area contributed by atoms with Crippen LogP contribution in [-0.4, -0.2) is 30.2 Å². The van der Waals surface area contributed by atoms with Gasteiger partial charge in [0.2, 0.25) is 0 Å². The Morgan fingerprint density at radius 3 is 2.70 bits per heavy atom. The van der Waals surface area contributed by atoms with Gasteiger partial charge in [0, 0.05) is 12.7 Å². The molecule has 1 aliphatic rings. The second-order valence-electron chi connectivity index (χ2n) is 4.87. The molecule has 20 heavy (non-hydrogen) atoms. The monoisotopic (exact) mass is 279 g/mol. The smallest absolute Gasteiger partial charge is 0.319 e. The molecule has 7 nitrogen and oxygen atoms in total. The quantitative estimate of drug-likeness (QED) is 0.654. The summed E-state index contributed by atoms with van der Waals surface area (Å²) in [6.45, 7) is 4.73. The number of hydrogen-bond donors (Lipinski definition) is 2. The molecule has 1 atom stereocenters. The molecule has 0 aromatic heterocycles. The Balaban J connectivity index is 2.13. The van der Waals surface area contributed by atoms with Crippen LogP contribution < -0.4 is 10.6 Å². The van der Waals surface area contributed by atoms with E-state index in [4.69, 9.17) is 4.74 Å². The maximum absolute atomic E-state index is 11.8. The van der Waals surface area contributed by atoms with E-state index in [2.05, 4.69) is 10.6 Å². The number of carbonyl (C=O) groups is 1. The zero-order valence-corrected chi connectivity index (χ0v) is 11.4. The highest BCUT2D eigenvalue weighted by Crippen LogP contribution is 2.27. The maximum Gasteiger partial charge on any atom is 0.319 e. The van der Waals surface area contributed by atoms with Crippen molar-refractivity contribution < 1.29 is 14.5 Å². The van der Waals surface area contributed by atoms with E-state index in [-0.39, 0.29) is 17.4 Å². The van der Waals surface area contributed by atoms with Gasteiger partial charge in [-0.25, -0.2) is 4.79 Å². The summed E-state index contributed by atoms with van der Waals surface area (Å²) in [7, 11) is 0. The first kappa shape index (κ1) is 14.3. The summed E-state index contributed by atoms with van der Waals surface area (Å²) in [6.07, 6.45) is 0.752. The normalized spacial score (nSPS) is 17.8. The fraction of sp³-hybridized carbons (Fsp3) is 0.462. The molecule has 0 bridgehead atoms. The van der Waals surface area contributed by atoms with Crippen molar-refractivity contribution in [2.75, 3.05) is 18.5 Å². The van der Waals surface area contributed by atoms with Gasteiger partial charge in [-0.2, -0.15) is 0 Å². The zero-order valence-electron chi connectivity index (χ0n) is 11.4. The molecule has 1 aromatic rings. The third kappa shape index (κ3) is 3.24. The third-order valence-electron chi connectivity index (χ3n) is 3.32. The number of anilines is 1. The van der Waals surface area contributed by atoms with Crippen LogP contribution in [0.3, 0.4) is 0 Å². The Kier molecular flexibility index (Phi) is 4.19. The highest BCUT2D eigenvalue weighted by Gasteiger charge is 2.21. The topological polar surface area (TPSA) is 93.5 Å². The number of nitro groups is 1. The summed E-state index contributed by atoms with van der Waals surface area (Å²) >= 11 is 0. The first-order valence-electron chi connectivity index (χ1n) is 6.38. The minimum absolute atomic E-state index is 0.0411. The van der Waals surface area contributed by atoms with Crippen molar-refractivity contribution in [1.29, 1.82) is 0 Å². The van der Waals surface area contributed by atoms with Crippen LogP contribution in [0.1, 0.15) is 17.5 Å². The second-order valence-corrected chi connectivity index (χ2v) is 4.87. The molecule has 1 aromatic carbocycles. The van der Waals surface area contributed by atoms with Gasteiger partial charge < -0.3 is 15.4 Å². The van der Waals surface area contributed by atoms with Crippen molar-refractivity contribution in [3.8, 4) is 0 Å². The molecule has 108 valence electrons. The van der Waals surface area contributed by atoms with Crippen LogP contribution in [0.25, 0.3) is 0 Å². The summed E-state index contributed by atoms with van der Waals surface area (Å²) in [5.41, 5.74) is 1.79. The fourth-order valence-electron chi connectivity index (χ4n) is 2.04. The molecule has 7 heteroatoms. The Morgan fingerprint density at radius 1 is 1.40 bits per heavy atom. The highest BCUT2D eigenvalue weighted by molar-refractivity contribution is 5.92. The SMILES string of the molecule is Cc1cc(NC(=O)NC2CCOC2)c([N+](=O)[O-])cc1C. The molecule has 0 aliphatic carbocycles. The first-order chi connectivity index (χ1) is 9.47. The summed E-state index contributed by atoms with van der Waals surface area (Å²) in [4.78, 5) is 22.4. The molecule has 2 rings (SSSR count). The average Bonchev–Trinajstić information content (AvgIpc) is 2.85. The van der Waals surface area contributed by atoms with Crippen LogP contribution in [0.15, 0.2) is 12.1 Å². The largest absolute Gasteiger partial charge is 0.379 e. The molecule has 0 saturated carbocycles. The summed E-state index contributed by atoms with van der Waals surface area (Å²) in [6, 6.07) is 2.58. The number of nitro benzene ring substituents is 1. The van der Waals surface area contributed by atoms with Crippen molar-refractivity contribution in [3.05, 3.63) is 33.4 Å². The van der Waals surface area contributed by atoms with Gasteiger partial charge in [-0.1, -0.05) is 0 Å². The van der Waals surface area contributed by atoms with Crippen LogP contribution in [-0.2, 0) is 4.74 Å². The number of benzene rings is 1. The lowest BCUT2D eigenvalue weighted by atomic mass is 10.1. The third-order valence-corrected chi connectivity index (χ3v) is 3.32. The summed E-state index contributed by atoms with van der Waals surface area (Å²) < 4.78 is 5.15. The Bertz CT molecular complexity index is 539. The van der Waals surface area contributed by atoms with E-state index in [1.807, 2.05) is 6.92 Å². The minimum Gasteiger partial charge on any atom is -0.379 e. The summed E-state index contributed by atoms with van der Waals surface area (Å²) in [5.74, 6) is 0. The van der Waals surface area contributed by atoms with E-state index in [0.717, 1.165) is 17.5 Å². The Morgan fingerprint density at radius 2 is 2.10 bits per heavy atom. The van der Waals surface area contributed by atoms with Gasteiger partial charge in [-0.15, -0.1) is 0 Å². The van der Waals surface area contributed by atoms with E-state index >= 15 is 0 Å². The van der Waals surface area contributed by atoms with Gasteiger partial charge in [0.1, 0.15) is 5.69 Å². The van der Waals surface area contributed by atoms with Crippen LogP contribution in [0.2, 0.25) is 0 Å². The number of urea groups is 1. The average molecular weight is 279 g/mol. The molecule has 1 saturated heterocycles. The maximum atomic E-state index is 11.8. The van der Waals surface area contributed by atoms with Crippen molar-refractivity contribution in [3.63, 3.8) is 0 Å². The van der Waals surface area contributed by atoms with Gasteiger partial charge in [-0.3, -0.25) is 10.1 Å². The molecular formula is C13H17N3O4. The second kappa shape index (κ2) is 5.87. The molecule has 2 N–H and O–H groups in total. The first-order valence-corrected chi connectivity index (χ1v) is 6.38. The lowest BCUT2D eigenvalue weighted by Crippen LogP contribution is -2.38. The zero-order chi connectivity index (χ0) is 14.7. The van der Waals surface area contributed by atoms with Gasteiger partial charge >= 0.3 is 6.03 Å². The number of amides is 2. The lowest BCUT2D eigenvalue weighted by Gasteiger charge is -2.13. The van der Waals surface area contributed by atoms with Crippen molar-refractivity contribution in [1.82, 2.24) is 5.32 Å². The number of nitrogens with zero attached hydrogens (tertiary/aromatic N) is 1. The van der Waals surface area contributed by atoms with Gasteiger partial charge in [0.25, 0.3) is 5.69 Å². The number of rotatable bonds is 3. The number of hydrogen-bond acceptors (Lipinski definition) is 4. The molecular weight excluding hydrogens is 262 g/mol. The van der Waals surface area contributed by atoms with Crippen molar-refractivity contribution in [2.24, 2.45) is 0 Å². The highest BCUT2D eigenvalue weighted by atomic mass is 16.6. The predicted octanol–water partition coefficient (Wildman–Crippen LogP) is 2.12. The Labute approximate surface area is 116 Å². The lowest BCUT2D eigenvalue weighted by molar-refractivity contribution is -0.384. The van der Waals surface area contributed by atoms with Crippen LogP contribution >= 0.6 is 0 Å². The van der Waals surface area contributed by atoms with E-state index in [0.29, 0.717) is 13.2 Å². The van der Waals surface area contributed by atoms with E-state index in [1.165, 1.54) is 6.07 Å². The fourth-order valence-corrected chi connectivity index (χ4v) is 2.04. The van der Waals surface area contributed by atoms with Gasteiger partial charge in [0.15, 0.2) is 0 Å². The van der Waals surface area contributed by atoms with Crippen LogP contribution in [0, 0.1) is 24.0 Å². The van der Waals surface area contributed by atoms with E-state index in [9.17, 15) is 14.9 Å². The number of nitrogens with one attached hydrogen (secondary N) is 2. The molecule has 0 radical (unpaired) electrons. The standard InChI is InChI=1S/C13H17N3O4/c1-8-5-11(12(16(18)19)6-9(8)2)15-13(17)14-10-3-4-20-7-10/h5-6,10H,3-4,7H2,1-2H3,(H2,14,15,17). The number of aryl methyl sites for hydroxylation is 2. The molecule has 1 fully saturated rings. The molecule has 2 amide bonds. The van der Waals surface area contributed by atoms with E-state index < -0.39 is 11.0 Å². The van der Waals surface area contributed by atoms with Gasteiger partial charge in [-0.05, 0) is 37.5 Å². The number of ether oxygens (including phenoxy) is 1. The molecule has 1 heterocycles. The van der Waals surface area contributed by atoms with Crippen molar-refractivity contribution in [2.45, 2.75) is 26.3 Å². The van der Waals surface area contributed by atoms with Crippen LogP contribution in [0.5, 0.6) is 0 Å². The van der Waals surface area contributed by atoms with E-state index in [1.54, 1.807) is 13.0 Å². The van der Waals surface area contributed by atoms with Crippen LogP contribution in [0.4, 0.5) is 16.2 Å². The van der Waals surface area contributed by atoms with Crippen molar-refractivity contribution >= 4 is 17.4 Å². The molecule has 1 unspecified atom stereocenters. The molecule has 0 spiro atoms. The summed E-state index contributed by atoms with van der Waals surface area (Å²) in [5, 5.41) is 16.3. The Hall–Kier alpha value is -2.15. The number of carbonyl (C=O) groups excluding carboxylic acids is 1. The minimum atomic E-state index is -0.499. The predicted molar refractivity (Wildman–Crippen MR) is 73.9 cm³/mol. The molecule has 1 aliphatic heterocycles. The van der Waals surface area contributed by atoms with Gasteiger partial charge in [0.05, 0.1) is 17.6 Å².